The summed E-state index contributed by atoms with van der Waals surface area (Å²) in [5.74, 6) is 0.428. The Bertz CT molecular complexity index is 463. The van der Waals surface area contributed by atoms with Crippen LogP contribution in [0.25, 0.3) is 0 Å². The molecule has 1 aromatic rings. The molecule has 1 aliphatic rings. The molecule has 0 spiro atoms. The first kappa shape index (κ1) is 20.1. The summed E-state index contributed by atoms with van der Waals surface area (Å²) in [4.78, 5) is 2.33. The summed E-state index contributed by atoms with van der Waals surface area (Å²) in [6.45, 7) is 9.75. The number of benzene rings is 1. The minimum Gasteiger partial charge on any atom is -0.508 e. The average molecular weight is 335 g/mol. The van der Waals surface area contributed by atoms with E-state index in [9.17, 15) is 10.2 Å². The Morgan fingerprint density at radius 1 is 1.29 bits per heavy atom. The zero-order valence-corrected chi connectivity index (χ0v) is 13.8. The summed E-state index contributed by atoms with van der Waals surface area (Å²) in [6, 6.07) is 4.80. The van der Waals surface area contributed by atoms with Crippen LogP contribution in [0.3, 0.4) is 0 Å². The highest BCUT2D eigenvalue weighted by atomic mass is 35.5. The predicted molar refractivity (Wildman–Crippen MR) is 90.9 cm³/mol. The first-order valence-electron chi connectivity index (χ1n) is 6.69. The van der Waals surface area contributed by atoms with Crippen molar-refractivity contribution in [1.29, 1.82) is 0 Å². The van der Waals surface area contributed by atoms with Crippen molar-refractivity contribution in [3.63, 3.8) is 0 Å². The molecule has 0 bridgehead atoms. The van der Waals surface area contributed by atoms with Crippen LogP contribution in [-0.2, 0) is 0 Å². The van der Waals surface area contributed by atoms with Gasteiger partial charge in [-0.25, -0.2) is 0 Å². The third-order valence-electron chi connectivity index (χ3n) is 3.50. The maximum Gasteiger partial charge on any atom is 0.120 e. The predicted octanol–water partition coefficient (Wildman–Crippen LogP) is 2.85. The third-order valence-corrected chi connectivity index (χ3v) is 3.50. The minimum atomic E-state index is 0. The Balaban J connectivity index is 0.00000200. The van der Waals surface area contributed by atoms with Crippen molar-refractivity contribution in [1.82, 2.24) is 10.2 Å². The summed E-state index contributed by atoms with van der Waals surface area (Å²) in [6.07, 6.45) is 0.789. The van der Waals surface area contributed by atoms with E-state index in [1.54, 1.807) is 12.1 Å². The zero-order valence-electron chi connectivity index (χ0n) is 12.2. The standard InChI is InChI=1S/C15H22N2O2.2ClH/c1-11(2)9-14(17-7-5-16-6-8-17)13-10-12(18)3-4-15(13)19;;/h3-4,10,14,16,18-19H,1,5-9H2,2H3;2*1H/t14-;;/m1../s1. The molecule has 4 nitrogen and oxygen atoms in total. The van der Waals surface area contributed by atoms with E-state index in [0.29, 0.717) is 0 Å². The molecular weight excluding hydrogens is 311 g/mol. The molecule has 6 heteroatoms. The summed E-state index contributed by atoms with van der Waals surface area (Å²) < 4.78 is 0. The van der Waals surface area contributed by atoms with Gasteiger partial charge in [-0.1, -0.05) is 5.57 Å². The molecule has 1 heterocycles. The number of halogens is 2. The van der Waals surface area contributed by atoms with Crippen molar-refractivity contribution < 1.29 is 10.2 Å². The van der Waals surface area contributed by atoms with E-state index in [0.717, 1.165) is 43.7 Å². The van der Waals surface area contributed by atoms with Crippen LogP contribution in [0.1, 0.15) is 24.9 Å². The number of piperazine rings is 1. The number of phenolic OH excluding ortho intramolecular Hbond substituents is 2. The van der Waals surface area contributed by atoms with E-state index in [4.69, 9.17) is 0 Å². The van der Waals surface area contributed by atoms with Gasteiger partial charge in [0, 0.05) is 37.8 Å². The SMILES string of the molecule is C=C(C)C[C@H](c1cc(O)ccc1O)N1CCNCC1.Cl.Cl. The number of nitrogens with zero attached hydrogens (tertiary/aromatic N) is 1. The van der Waals surface area contributed by atoms with E-state index < -0.39 is 0 Å². The number of aromatic hydroxyl groups is 2. The van der Waals surface area contributed by atoms with Crippen molar-refractivity contribution in [3.8, 4) is 11.5 Å². The highest BCUT2D eigenvalue weighted by Crippen LogP contribution is 2.35. The van der Waals surface area contributed by atoms with Crippen LogP contribution >= 0.6 is 24.8 Å². The van der Waals surface area contributed by atoms with Crippen LogP contribution in [0.2, 0.25) is 0 Å². The third kappa shape index (κ3) is 5.40. The fourth-order valence-corrected chi connectivity index (χ4v) is 2.57. The molecule has 0 radical (unpaired) electrons. The topological polar surface area (TPSA) is 55.7 Å². The van der Waals surface area contributed by atoms with Crippen LogP contribution in [-0.4, -0.2) is 41.3 Å². The highest BCUT2D eigenvalue weighted by molar-refractivity contribution is 5.85. The molecule has 1 saturated heterocycles. The Kier molecular flexibility index (Phi) is 8.74. The molecule has 1 aromatic carbocycles. The largest absolute Gasteiger partial charge is 0.508 e. The fourth-order valence-electron chi connectivity index (χ4n) is 2.57. The molecule has 1 aliphatic heterocycles. The van der Waals surface area contributed by atoms with Gasteiger partial charge in [-0.2, -0.15) is 0 Å². The number of hydrogen-bond donors (Lipinski definition) is 3. The molecule has 1 fully saturated rings. The first-order valence-corrected chi connectivity index (χ1v) is 6.69. The quantitative estimate of drug-likeness (QED) is 0.585. The average Bonchev–Trinajstić information content (AvgIpc) is 2.40. The van der Waals surface area contributed by atoms with Crippen LogP contribution in [0, 0.1) is 0 Å². The van der Waals surface area contributed by atoms with Crippen molar-refractivity contribution in [2.24, 2.45) is 0 Å². The second-order valence-corrected chi connectivity index (χ2v) is 5.21. The second-order valence-electron chi connectivity index (χ2n) is 5.21. The molecule has 0 aliphatic carbocycles. The fraction of sp³-hybridized carbons (Fsp3) is 0.467. The van der Waals surface area contributed by atoms with Crippen LogP contribution in [0.4, 0.5) is 0 Å². The van der Waals surface area contributed by atoms with E-state index in [-0.39, 0.29) is 42.4 Å². The van der Waals surface area contributed by atoms with E-state index in [1.165, 1.54) is 6.07 Å². The van der Waals surface area contributed by atoms with Gasteiger partial charge in [-0.3, -0.25) is 4.90 Å². The zero-order chi connectivity index (χ0) is 13.8. The first-order chi connectivity index (χ1) is 9.08. The molecule has 120 valence electrons. The molecule has 21 heavy (non-hydrogen) atoms. The number of nitrogens with one attached hydrogen (secondary N) is 1. The summed E-state index contributed by atoms with van der Waals surface area (Å²) in [7, 11) is 0. The number of phenols is 2. The summed E-state index contributed by atoms with van der Waals surface area (Å²) in [5.41, 5.74) is 1.86. The van der Waals surface area contributed by atoms with Crippen molar-refractivity contribution >= 4 is 24.8 Å². The number of hydrogen-bond acceptors (Lipinski definition) is 4. The lowest BCUT2D eigenvalue weighted by Crippen LogP contribution is -2.45. The minimum absolute atomic E-state index is 0. The van der Waals surface area contributed by atoms with Crippen LogP contribution in [0.5, 0.6) is 11.5 Å². The van der Waals surface area contributed by atoms with E-state index >= 15 is 0 Å². The van der Waals surface area contributed by atoms with Gasteiger partial charge in [0.1, 0.15) is 11.5 Å². The van der Waals surface area contributed by atoms with Gasteiger partial charge in [0.05, 0.1) is 0 Å². The highest BCUT2D eigenvalue weighted by Gasteiger charge is 2.24. The van der Waals surface area contributed by atoms with Crippen molar-refractivity contribution in [2.45, 2.75) is 19.4 Å². The molecular formula is C15H24Cl2N2O2. The van der Waals surface area contributed by atoms with Crippen LogP contribution < -0.4 is 5.32 Å². The summed E-state index contributed by atoms with van der Waals surface area (Å²) in [5, 5.41) is 23.0. The van der Waals surface area contributed by atoms with E-state index in [1.807, 2.05) is 6.92 Å². The smallest absolute Gasteiger partial charge is 0.120 e. The van der Waals surface area contributed by atoms with Gasteiger partial charge in [0.2, 0.25) is 0 Å². The molecule has 2 rings (SSSR count). The molecule has 0 amide bonds. The van der Waals surface area contributed by atoms with Gasteiger partial charge in [0.25, 0.3) is 0 Å². The Hall–Kier alpha value is -0.940. The summed E-state index contributed by atoms with van der Waals surface area (Å²) >= 11 is 0. The van der Waals surface area contributed by atoms with Gasteiger partial charge >= 0.3 is 0 Å². The van der Waals surface area contributed by atoms with Crippen molar-refractivity contribution in [3.05, 3.63) is 35.9 Å². The molecule has 0 unspecified atom stereocenters. The lowest BCUT2D eigenvalue weighted by atomic mass is 9.97. The van der Waals surface area contributed by atoms with Gasteiger partial charge in [0.15, 0.2) is 0 Å². The van der Waals surface area contributed by atoms with Crippen LogP contribution in [0.15, 0.2) is 30.4 Å². The van der Waals surface area contributed by atoms with Gasteiger partial charge < -0.3 is 15.5 Å². The Labute approximate surface area is 138 Å². The molecule has 0 saturated carbocycles. The van der Waals surface area contributed by atoms with Gasteiger partial charge in [-0.05, 0) is 31.5 Å². The normalized spacial score (nSPS) is 16.4. The molecule has 1 atom stereocenters. The molecule has 3 N–H and O–H groups in total. The molecule has 0 aromatic heterocycles. The van der Waals surface area contributed by atoms with Gasteiger partial charge in [-0.15, -0.1) is 31.4 Å². The monoisotopic (exact) mass is 334 g/mol. The Morgan fingerprint density at radius 3 is 2.48 bits per heavy atom. The van der Waals surface area contributed by atoms with E-state index in [2.05, 4.69) is 16.8 Å². The Morgan fingerprint density at radius 2 is 1.90 bits per heavy atom. The second kappa shape index (κ2) is 9.15. The lowest BCUT2D eigenvalue weighted by molar-refractivity contribution is 0.169. The lowest BCUT2D eigenvalue weighted by Gasteiger charge is -2.35. The van der Waals surface area contributed by atoms with Crippen molar-refractivity contribution in [2.75, 3.05) is 26.2 Å². The maximum atomic E-state index is 10.1. The maximum absolute atomic E-state index is 10.1. The number of rotatable bonds is 4.